The highest BCUT2D eigenvalue weighted by molar-refractivity contribution is 7.84. The maximum absolute atomic E-state index is 12.4. The highest BCUT2D eigenvalue weighted by Crippen LogP contribution is 2.22. The Hall–Kier alpha value is -1.81. The molecular weight excluding hydrogens is 258 g/mol. The Labute approximate surface area is 115 Å². The van der Waals surface area contributed by atoms with Crippen molar-refractivity contribution < 1.29 is 8.95 Å². The Morgan fingerprint density at radius 1 is 1.21 bits per heavy atom. The fourth-order valence-electron chi connectivity index (χ4n) is 1.83. The predicted molar refractivity (Wildman–Crippen MR) is 78.7 cm³/mol. The summed E-state index contributed by atoms with van der Waals surface area (Å²) < 4.78 is 17.5. The van der Waals surface area contributed by atoms with Crippen LogP contribution in [0.25, 0.3) is 0 Å². The van der Waals surface area contributed by atoms with Crippen LogP contribution in [-0.2, 0) is 16.6 Å². The summed E-state index contributed by atoms with van der Waals surface area (Å²) in [6.45, 7) is 1.96. The number of rotatable bonds is 4. The van der Waals surface area contributed by atoms with Gasteiger partial charge in [-0.3, -0.25) is 4.21 Å². The SMILES string of the molecule is COc1cccc(CS(=O)c2cc(C)ccc2N)c1. The molecule has 0 heterocycles. The van der Waals surface area contributed by atoms with Gasteiger partial charge in [0.1, 0.15) is 5.75 Å². The summed E-state index contributed by atoms with van der Waals surface area (Å²) in [5, 5.41) is 0. The number of nitrogen functional groups attached to an aromatic ring is 1. The van der Waals surface area contributed by atoms with Crippen molar-refractivity contribution in [2.45, 2.75) is 17.6 Å². The van der Waals surface area contributed by atoms with Gasteiger partial charge in [0, 0.05) is 5.69 Å². The highest BCUT2D eigenvalue weighted by Gasteiger charge is 2.09. The van der Waals surface area contributed by atoms with Crippen molar-refractivity contribution in [1.29, 1.82) is 0 Å². The third-order valence-electron chi connectivity index (χ3n) is 2.85. The topological polar surface area (TPSA) is 52.3 Å². The van der Waals surface area contributed by atoms with Crippen LogP contribution in [0.3, 0.4) is 0 Å². The number of aryl methyl sites for hydroxylation is 1. The third kappa shape index (κ3) is 3.35. The summed E-state index contributed by atoms with van der Waals surface area (Å²) in [7, 11) is 0.473. The minimum absolute atomic E-state index is 0.435. The largest absolute Gasteiger partial charge is 0.497 e. The van der Waals surface area contributed by atoms with Crippen LogP contribution in [0.1, 0.15) is 11.1 Å². The first-order valence-corrected chi connectivity index (χ1v) is 7.29. The Bertz CT molecular complexity index is 611. The number of ether oxygens (including phenoxy) is 1. The van der Waals surface area contributed by atoms with E-state index in [2.05, 4.69) is 0 Å². The molecule has 0 fully saturated rings. The molecule has 0 saturated heterocycles. The quantitative estimate of drug-likeness (QED) is 0.873. The van der Waals surface area contributed by atoms with Gasteiger partial charge in [-0.05, 0) is 42.3 Å². The first-order chi connectivity index (χ1) is 9.10. The molecule has 0 aliphatic carbocycles. The molecule has 0 saturated carbocycles. The van der Waals surface area contributed by atoms with Gasteiger partial charge in [-0.1, -0.05) is 18.2 Å². The van der Waals surface area contributed by atoms with E-state index in [0.717, 1.165) is 16.9 Å². The van der Waals surface area contributed by atoms with Gasteiger partial charge in [0.05, 0.1) is 28.6 Å². The van der Waals surface area contributed by atoms with Crippen LogP contribution in [0.2, 0.25) is 0 Å². The molecule has 2 aromatic rings. The van der Waals surface area contributed by atoms with Crippen LogP contribution in [0.15, 0.2) is 47.4 Å². The van der Waals surface area contributed by atoms with Gasteiger partial charge in [-0.2, -0.15) is 0 Å². The Morgan fingerprint density at radius 3 is 2.74 bits per heavy atom. The number of nitrogens with two attached hydrogens (primary N) is 1. The van der Waals surface area contributed by atoms with E-state index < -0.39 is 10.8 Å². The van der Waals surface area contributed by atoms with Gasteiger partial charge in [0.2, 0.25) is 0 Å². The average molecular weight is 275 g/mol. The van der Waals surface area contributed by atoms with Crippen molar-refractivity contribution in [3.8, 4) is 5.75 Å². The second kappa shape index (κ2) is 5.89. The van der Waals surface area contributed by atoms with Gasteiger partial charge in [0.25, 0.3) is 0 Å². The van der Waals surface area contributed by atoms with Crippen molar-refractivity contribution in [3.05, 3.63) is 53.6 Å². The molecule has 0 amide bonds. The fraction of sp³-hybridized carbons (Fsp3) is 0.200. The van der Waals surface area contributed by atoms with Gasteiger partial charge in [0.15, 0.2) is 0 Å². The second-order valence-electron chi connectivity index (χ2n) is 4.38. The van der Waals surface area contributed by atoms with E-state index in [1.165, 1.54) is 0 Å². The average Bonchev–Trinajstić information content (AvgIpc) is 2.41. The zero-order valence-corrected chi connectivity index (χ0v) is 11.9. The van der Waals surface area contributed by atoms with Gasteiger partial charge in [-0.15, -0.1) is 0 Å². The van der Waals surface area contributed by atoms with Crippen LogP contribution >= 0.6 is 0 Å². The number of hydrogen-bond donors (Lipinski definition) is 1. The van der Waals surface area contributed by atoms with Crippen LogP contribution in [-0.4, -0.2) is 11.3 Å². The normalized spacial score (nSPS) is 12.1. The maximum atomic E-state index is 12.4. The Kier molecular flexibility index (Phi) is 4.22. The lowest BCUT2D eigenvalue weighted by Gasteiger charge is -2.08. The molecule has 0 aliphatic heterocycles. The molecule has 3 nitrogen and oxygen atoms in total. The molecule has 2 N–H and O–H groups in total. The minimum atomic E-state index is -1.15. The predicted octanol–water partition coefficient (Wildman–Crippen LogP) is 2.89. The number of methoxy groups -OCH3 is 1. The summed E-state index contributed by atoms with van der Waals surface area (Å²) in [5.74, 6) is 1.21. The molecule has 2 rings (SSSR count). The molecule has 19 heavy (non-hydrogen) atoms. The maximum Gasteiger partial charge on any atom is 0.119 e. The van der Waals surface area contributed by atoms with Crippen molar-refractivity contribution in [2.24, 2.45) is 0 Å². The van der Waals surface area contributed by atoms with Crippen molar-refractivity contribution in [1.82, 2.24) is 0 Å². The van der Waals surface area contributed by atoms with Crippen molar-refractivity contribution in [2.75, 3.05) is 12.8 Å². The van der Waals surface area contributed by atoms with E-state index >= 15 is 0 Å². The number of anilines is 1. The zero-order chi connectivity index (χ0) is 13.8. The lowest BCUT2D eigenvalue weighted by Crippen LogP contribution is -2.01. The standard InChI is InChI=1S/C15H17NO2S/c1-11-6-7-14(16)15(8-11)19(17)10-12-4-3-5-13(9-12)18-2/h3-9H,10,16H2,1-2H3. The van der Waals surface area contributed by atoms with E-state index in [1.807, 2.05) is 43.3 Å². The molecule has 0 bridgehead atoms. The van der Waals surface area contributed by atoms with E-state index in [1.54, 1.807) is 13.2 Å². The number of benzene rings is 2. The minimum Gasteiger partial charge on any atom is -0.497 e. The summed E-state index contributed by atoms with van der Waals surface area (Å²) in [6, 6.07) is 13.2. The lowest BCUT2D eigenvalue weighted by atomic mass is 10.2. The fourth-order valence-corrected chi connectivity index (χ4v) is 3.12. The van der Waals surface area contributed by atoms with Crippen molar-refractivity contribution in [3.63, 3.8) is 0 Å². The molecule has 1 atom stereocenters. The van der Waals surface area contributed by atoms with E-state index in [0.29, 0.717) is 16.3 Å². The Balaban J connectivity index is 2.23. The summed E-state index contributed by atoms with van der Waals surface area (Å²) in [4.78, 5) is 0.697. The van der Waals surface area contributed by atoms with E-state index in [4.69, 9.17) is 10.5 Å². The van der Waals surface area contributed by atoms with Crippen LogP contribution in [0.5, 0.6) is 5.75 Å². The molecule has 0 spiro atoms. The molecule has 1 unspecified atom stereocenters. The summed E-state index contributed by atoms with van der Waals surface area (Å²) in [5.41, 5.74) is 8.49. The van der Waals surface area contributed by atoms with Crippen LogP contribution < -0.4 is 10.5 Å². The first kappa shape index (κ1) is 13.6. The molecule has 0 radical (unpaired) electrons. The molecule has 100 valence electrons. The van der Waals surface area contributed by atoms with E-state index in [-0.39, 0.29) is 0 Å². The van der Waals surface area contributed by atoms with Gasteiger partial charge >= 0.3 is 0 Å². The smallest absolute Gasteiger partial charge is 0.119 e. The van der Waals surface area contributed by atoms with Crippen molar-refractivity contribution >= 4 is 16.5 Å². The molecule has 0 aliphatic rings. The third-order valence-corrected chi connectivity index (χ3v) is 4.29. The highest BCUT2D eigenvalue weighted by atomic mass is 32.2. The molecule has 0 aromatic heterocycles. The molecular formula is C15H17NO2S. The lowest BCUT2D eigenvalue weighted by molar-refractivity contribution is 0.414. The van der Waals surface area contributed by atoms with Gasteiger partial charge in [-0.25, -0.2) is 0 Å². The van der Waals surface area contributed by atoms with Gasteiger partial charge < -0.3 is 10.5 Å². The Morgan fingerprint density at radius 2 is 2.00 bits per heavy atom. The second-order valence-corrected chi connectivity index (χ2v) is 5.80. The first-order valence-electron chi connectivity index (χ1n) is 5.97. The molecule has 4 heteroatoms. The monoisotopic (exact) mass is 275 g/mol. The van der Waals surface area contributed by atoms with Crippen LogP contribution in [0, 0.1) is 6.92 Å². The molecule has 2 aromatic carbocycles. The summed E-state index contributed by atoms with van der Waals surface area (Å²) >= 11 is 0. The van der Waals surface area contributed by atoms with E-state index in [9.17, 15) is 4.21 Å². The van der Waals surface area contributed by atoms with Crippen LogP contribution in [0.4, 0.5) is 5.69 Å². The number of hydrogen-bond acceptors (Lipinski definition) is 3. The summed E-state index contributed by atoms with van der Waals surface area (Å²) in [6.07, 6.45) is 0. The zero-order valence-electron chi connectivity index (χ0n) is 11.1.